The number of rotatable bonds is 7. The van der Waals surface area contributed by atoms with E-state index in [4.69, 9.17) is 33.3 Å². The van der Waals surface area contributed by atoms with Gasteiger partial charge in [0.15, 0.2) is 5.11 Å². The number of anilines is 1. The maximum atomic E-state index is 12.8. The number of halogens is 1. The molecule has 0 aromatic heterocycles. The predicted molar refractivity (Wildman–Crippen MR) is 131 cm³/mol. The highest BCUT2D eigenvalue weighted by atomic mass is 35.5. The van der Waals surface area contributed by atoms with Crippen molar-refractivity contribution in [2.24, 2.45) is 0 Å². The fourth-order valence-electron chi connectivity index (χ4n) is 3.55. The molecular weight excluding hydrogens is 468 g/mol. The molecule has 0 atom stereocenters. The first-order valence-electron chi connectivity index (χ1n) is 10.5. The highest BCUT2D eigenvalue weighted by Crippen LogP contribution is 2.35. The minimum Gasteiger partial charge on any atom is -0.494 e. The third-order valence-electron chi connectivity index (χ3n) is 5.03. The van der Waals surface area contributed by atoms with E-state index >= 15 is 0 Å². The van der Waals surface area contributed by atoms with Gasteiger partial charge in [-0.15, -0.1) is 0 Å². The van der Waals surface area contributed by atoms with Gasteiger partial charge in [-0.05, 0) is 44.3 Å². The third-order valence-corrected chi connectivity index (χ3v) is 5.70. The standard InChI is InChI=1S/C22H25ClN4O5S/c1-3-31-16-12-15(13-17(14-16)32-4-2)21(28)24-22(33)26-10-8-25(9-11-26)20-18(23)6-5-7-19(20)27(29)30/h5-7,12-14H,3-4,8-11H2,1-2H3,(H,24,28,33). The van der Waals surface area contributed by atoms with Crippen molar-refractivity contribution in [3.8, 4) is 11.5 Å². The Hall–Kier alpha value is -3.11. The zero-order chi connectivity index (χ0) is 24.0. The SMILES string of the molecule is CCOc1cc(OCC)cc(C(=O)NC(=S)N2CCN(c3c(Cl)cccc3[N+](=O)[O-])CC2)c1. The highest BCUT2D eigenvalue weighted by molar-refractivity contribution is 7.80. The number of amides is 1. The van der Waals surface area contributed by atoms with Crippen molar-refractivity contribution in [1.29, 1.82) is 0 Å². The molecule has 0 spiro atoms. The number of carbonyl (C=O) groups excluding carboxylic acids is 1. The van der Waals surface area contributed by atoms with Crippen molar-refractivity contribution >= 4 is 46.2 Å². The van der Waals surface area contributed by atoms with Crippen molar-refractivity contribution < 1.29 is 19.2 Å². The lowest BCUT2D eigenvalue weighted by Crippen LogP contribution is -2.52. The summed E-state index contributed by atoms with van der Waals surface area (Å²) in [6, 6.07) is 9.63. The number of benzene rings is 2. The van der Waals surface area contributed by atoms with E-state index in [1.165, 1.54) is 6.07 Å². The number of nitro groups is 1. The fourth-order valence-corrected chi connectivity index (χ4v) is 4.11. The molecule has 2 aromatic carbocycles. The van der Waals surface area contributed by atoms with Gasteiger partial charge in [-0.1, -0.05) is 17.7 Å². The molecule has 1 saturated heterocycles. The Morgan fingerprint density at radius 1 is 1.12 bits per heavy atom. The number of hydrogen-bond donors (Lipinski definition) is 1. The molecule has 0 radical (unpaired) electrons. The second-order valence-corrected chi connectivity index (χ2v) is 7.95. The van der Waals surface area contributed by atoms with E-state index in [1.54, 1.807) is 30.3 Å². The van der Waals surface area contributed by atoms with Gasteiger partial charge >= 0.3 is 0 Å². The molecule has 1 amide bonds. The van der Waals surface area contributed by atoms with Crippen molar-refractivity contribution in [3.05, 3.63) is 57.1 Å². The summed E-state index contributed by atoms with van der Waals surface area (Å²) in [7, 11) is 0. The minimum absolute atomic E-state index is 0.0360. The summed E-state index contributed by atoms with van der Waals surface area (Å²) in [4.78, 5) is 27.5. The smallest absolute Gasteiger partial charge is 0.294 e. The number of thiocarbonyl (C=S) groups is 1. The van der Waals surface area contributed by atoms with Gasteiger partial charge in [0.05, 0.1) is 23.2 Å². The molecule has 11 heteroatoms. The average Bonchev–Trinajstić information content (AvgIpc) is 2.79. The molecule has 1 N–H and O–H groups in total. The van der Waals surface area contributed by atoms with E-state index in [9.17, 15) is 14.9 Å². The Bertz CT molecular complexity index is 1020. The van der Waals surface area contributed by atoms with Crippen molar-refractivity contribution in [2.75, 3.05) is 44.3 Å². The molecule has 9 nitrogen and oxygen atoms in total. The molecule has 0 bridgehead atoms. The molecule has 2 aromatic rings. The van der Waals surface area contributed by atoms with Crippen LogP contribution >= 0.6 is 23.8 Å². The van der Waals surface area contributed by atoms with Crippen LogP contribution in [-0.4, -0.2) is 60.2 Å². The van der Waals surface area contributed by atoms with Crippen LogP contribution < -0.4 is 19.7 Å². The Balaban J connectivity index is 1.65. The minimum atomic E-state index is -0.439. The summed E-state index contributed by atoms with van der Waals surface area (Å²) in [5, 5.41) is 14.8. The van der Waals surface area contributed by atoms with E-state index in [-0.39, 0.29) is 16.7 Å². The summed E-state index contributed by atoms with van der Waals surface area (Å²) in [6.45, 7) is 6.53. The fraction of sp³-hybridized carbons (Fsp3) is 0.364. The summed E-state index contributed by atoms with van der Waals surface area (Å²) < 4.78 is 11.1. The third kappa shape index (κ3) is 6.02. The Labute approximate surface area is 202 Å². The first-order chi connectivity index (χ1) is 15.8. The second kappa shape index (κ2) is 11.2. The number of ether oxygens (including phenoxy) is 2. The number of hydrogen-bond acceptors (Lipinski definition) is 7. The average molecular weight is 493 g/mol. The van der Waals surface area contributed by atoms with Gasteiger partial charge in [0.2, 0.25) is 0 Å². The zero-order valence-electron chi connectivity index (χ0n) is 18.4. The molecule has 1 aliphatic rings. The first-order valence-corrected chi connectivity index (χ1v) is 11.3. The maximum Gasteiger partial charge on any atom is 0.294 e. The number of piperazine rings is 1. The molecule has 1 fully saturated rings. The molecule has 0 saturated carbocycles. The number of nitro benzene ring substituents is 1. The molecular formula is C22H25ClN4O5S. The Morgan fingerprint density at radius 3 is 2.27 bits per heavy atom. The van der Waals surface area contributed by atoms with E-state index in [0.717, 1.165) is 0 Å². The lowest BCUT2D eigenvalue weighted by Gasteiger charge is -2.37. The Kier molecular flexibility index (Phi) is 8.29. The summed E-state index contributed by atoms with van der Waals surface area (Å²) in [5.41, 5.74) is 0.734. The normalized spacial score (nSPS) is 13.4. The Morgan fingerprint density at radius 2 is 1.73 bits per heavy atom. The van der Waals surface area contributed by atoms with Gasteiger partial charge in [-0.25, -0.2) is 0 Å². The van der Waals surface area contributed by atoms with E-state index in [2.05, 4.69) is 5.32 Å². The molecule has 0 unspecified atom stereocenters. The van der Waals surface area contributed by atoms with Crippen LogP contribution in [0.3, 0.4) is 0 Å². The quantitative estimate of drug-likeness (QED) is 0.353. The lowest BCUT2D eigenvalue weighted by molar-refractivity contribution is -0.384. The van der Waals surface area contributed by atoms with Crippen LogP contribution in [0.4, 0.5) is 11.4 Å². The van der Waals surface area contributed by atoms with E-state index in [0.29, 0.717) is 67.2 Å². The summed E-state index contributed by atoms with van der Waals surface area (Å²) in [6.07, 6.45) is 0. The number of carbonyl (C=O) groups is 1. The van der Waals surface area contributed by atoms with Crippen molar-refractivity contribution in [1.82, 2.24) is 10.2 Å². The van der Waals surface area contributed by atoms with Crippen molar-refractivity contribution in [2.45, 2.75) is 13.8 Å². The first kappa shape index (κ1) is 24.5. The molecule has 176 valence electrons. The topological polar surface area (TPSA) is 97.2 Å². The molecule has 0 aliphatic carbocycles. The number of nitrogens with one attached hydrogen (secondary N) is 1. The van der Waals surface area contributed by atoms with Crippen LogP contribution in [0.15, 0.2) is 36.4 Å². The molecule has 3 rings (SSSR count). The summed E-state index contributed by atoms with van der Waals surface area (Å²) >= 11 is 11.7. The number of para-hydroxylation sites is 1. The van der Waals surface area contributed by atoms with Gasteiger partial charge in [-0.2, -0.15) is 0 Å². The van der Waals surface area contributed by atoms with Gasteiger partial charge in [0, 0.05) is 43.9 Å². The van der Waals surface area contributed by atoms with Crippen LogP contribution in [0.5, 0.6) is 11.5 Å². The van der Waals surface area contributed by atoms with Gasteiger partial charge < -0.3 is 19.3 Å². The van der Waals surface area contributed by atoms with Crippen LogP contribution in [-0.2, 0) is 0 Å². The second-order valence-electron chi connectivity index (χ2n) is 7.16. The largest absolute Gasteiger partial charge is 0.494 e. The zero-order valence-corrected chi connectivity index (χ0v) is 19.9. The molecule has 1 aliphatic heterocycles. The predicted octanol–water partition coefficient (Wildman–Crippen LogP) is 3.88. The van der Waals surface area contributed by atoms with Crippen LogP contribution in [0, 0.1) is 10.1 Å². The number of nitrogens with zero attached hydrogens (tertiary/aromatic N) is 3. The van der Waals surface area contributed by atoms with E-state index in [1.807, 2.05) is 23.6 Å². The van der Waals surface area contributed by atoms with Gasteiger partial charge in [0.1, 0.15) is 17.2 Å². The highest BCUT2D eigenvalue weighted by Gasteiger charge is 2.27. The van der Waals surface area contributed by atoms with Crippen LogP contribution in [0.2, 0.25) is 5.02 Å². The van der Waals surface area contributed by atoms with E-state index < -0.39 is 4.92 Å². The summed E-state index contributed by atoms with van der Waals surface area (Å²) in [5.74, 6) is 0.704. The molecule has 1 heterocycles. The van der Waals surface area contributed by atoms with Crippen LogP contribution in [0.1, 0.15) is 24.2 Å². The lowest BCUT2D eigenvalue weighted by atomic mass is 10.2. The monoisotopic (exact) mass is 492 g/mol. The maximum absolute atomic E-state index is 12.8. The van der Waals surface area contributed by atoms with Gasteiger partial charge in [-0.3, -0.25) is 20.2 Å². The van der Waals surface area contributed by atoms with Crippen LogP contribution in [0.25, 0.3) is 0 Å². The van der Waals surface area contributed by atoms with Crippen molar-refractivity contribution in [3.63, 3.8) is 0 Å². The van der Waals surface area contributed by atoms with Gasteiger partial charge in [0.25, 0.3) is 11.6 Å². The molecule has 33 heavy (non-hydrogen) atoms.